The molecule has 2 aliphatic rings. The summed E-state index contributed by atoms with van der Waals surface area (Å²) in [5.41, 5.74) is 0.0809. The van der Waals surface area contributed by atoms with Crippen molar-refractivity contribution in [2.45, 2.75) is 70.6 Å². The Hall–Kier alpha value is -5.73. The topological polar surface area (TPSA) is 143 Å². The third-order valence-corrected chi connectivity index (χ3v) is 9.62. The molecular weight excluding hydrogens is 714 g/mol. The van der Waals surface area contributed by atoms with E-state index in [0.717, 1.165) is 25.0 Å². The van der Waals surface area contributed by atoms with Crippen LogP contribution < -0.4 is 10.2 Å². The van der Waals surface area contributed by atoms with Gasteiger partial charge in [0, 0.05) is 36.1 Å². The molecule has 2 N–H and O–H groups in total. The lowest BCUT2D eigenvalue weighted by atomic mass is 9.83. The van der Waals surface area contributed by atoms with Crippen LogP contribution >= 0.6 is 0 Å². The molecule has 286 valence electrons. The number of benzene rings is 3. The van der Waals surface area contributed by atoms with E-state index in [1.165, 1.54) is 34.9 Å². The van der Waals surface area contributed by atoms with Gasteiger partial charge < -0.3 is 24.8 Å². The number of alkyl halides is 3. The van der Waals surface area contributed by atoms with E-state index in [2.05, 4.69) is 5.32 Å². The monoisotopic (exact) mass is 753 g/mol. The Morgan fingerprint density at radius 2 is 1.61 bits per heavy atom. The molecule has 1 saturated heterocycles. The van der Waals surface area contributed by atoms with Gasteiger partial charge in [0.15, 0.2) is 0 Å². The van der Waals surface area contributed by atoms with Crippen LogP contribution in [-0.2, 0) is 30.0 Å². The summed E-state index contributed by atoms with van der Waals surface area (Å²) in [4.78, 5) is 66.6. The van der Waals surface area contributed by atoms with Gasteiger partial charge in [-0.25, -0.2) is 18.8 Å². The molecule has 0 radical (unpaired) electrons. The second-order valence-electron chi connectivity index (χ2n) is 13.2. The van der Waals surface area contributed by atoms with E-state index in [1.54, 1.807) is 37.3 Å². The SMILES string of the molecule is Cc1ccc(NC(=O)[C@H]2CCCN(C(=O)c3c(C)cccc3F)[C@H]2c2ccc(N(C(=O)OCOC(=O)/C=C/C(=O)O)C3CCCC3)cc2)cc1C(F)(F)F. The lowest BCUT2D eigenvalue weighted by Gasteiger charge is -2.41. The number of rotatable bonds is 10. The normalized spacial score (nSPS) is 17.6. The Morgan fingerprint density at radius 3 is 2.26 bits per heavy atom. The first-order chi connectivity index (χ1) is 25.6. The third-order valence-electron chi connectivity index (χ3n) is 9.62. The first kappa shape index (κ1) is 39.5. The maximum Gasteiger partial charge on any atom is 0.417 e. The number of carboxylic acid groups (broad SMARTS) is 1. The molecule has 2 fully saturated rings. The number of anilines is 2. The summed E-state index contributed by atoms with van der Waals surface area (Å²) in [5, 5.41) is 11.3. The Morgan fingerprint density at radius 1 is 0.907 bits per heavy atom. The number of carbonyl (C=O) groups is 5. The number of aliphatic carboxylic acids is 1. The smallest absolute Gasteiger partial charge is 0.417 e. The molecule has 15 heteroatoms. The highest BCUT2D eigenvalue weighted by atomic mass is 19.4. The fraction of sp³-hybridized carbons (Fsp3) is 0.359. The van der Waals surface area contributed by atoms with Crippen molar-refractivity contribution in [2.75, 3.05) is 23.6 Å². The molecule has 1 aliphatic carbocycles. The molecule has 54 heavy (non-hydrogen) atoms. The number of amides is 3. The van der Waals surface area contributed by atoms with Gasteiger partial charge in [-0.2, -0.15) is 13.2 Å². The van der Waals surface area contributed by atoms with Gasteiger partial charge in [0.05, 0.1) is 23.1 Å². The number of carboxylic acids is 1. The molecule has 3 aromatic rings. The fourth-order valence-electron chi connectivity index (χ4n) is 7.05. The second-order valence-corrected chi connectivity index (χ2v) is 13.2. The van der Waals surface area contributed by atoms with Crippen LogP contribution in [0.2, 0.25) is 0 Å². The zero-order chi connectivity index (χ0) is 39.2. The number of esters is 1. The van der Waals surface area contributed by atoms with Crippen LogP contribution in [0.5, 0.6) is 0 Å². The predicted octanol–water partition coefficient (Wildman–Crippen LogP) is 7.72. The minimum Gasteiger partial charge on any atom is -0.478 e. The van der Waals surface area contributed by atoms with E-state index in [9.17, 15) is 37.1 Å². The zero-order valence-electron chi connectivity index (χ0n) is 29.5. The first-order valence-electron chi connectivity index (χ1n) is 17.3. The third kappa shape index (κ3) is 9.25. The van der Waals surface area contributed by atoms with Crippen LogP contribution in [-0.4, -0.2) is 59.2 Å². The number of nitrogens with zero attached hydrogens (tertiary/aromatic N) is 2. The van der Waals surface area contributed by atoms with Crippen molar-refractivity contribution in [3.05, 3.63) is 106 Å². The molecule has 0 spiro atoms. The summed E-state index contributed by atoms with van der Waals surface area (Å²) in [7, 11) is 0. The number of ether oxygens (including phenoxy) is 2. The van der Waals surface area contributed by atoms with Gasteiger partial charge in [-0.05, 0) is 86.6 Å². The van der Waals surface area contributed by atoms with Crippen molar-refractivity contribution < 1.29 is 56.1 Å². The maximum atomic E-state index is 15.1. The van der Waals surface area contributed by atoms with E-state index >= 15 is 4.39 Å². The molecule has 1 aliphatic heterocycles. The van der Waals surface area contributed by atoms with Crippen molar-refractivity contribution in [1.29, 1.82) is 0 Å². The predicted molar refractivity (Wildman–Crippen MR) is 188 cm³/mol. The number of likely N-dealkylation sites (tertiary alicyclic amines) is 1. The number of piperidine rings is 1. The number of nitrogens with one attached hydrogen (secondary N) is 1. The Balaban J connectivity index is 1.46. The molecule has 3 amide bonds. The van der Waals surface area contributed by atoms with E-state index in [-0.39, 0.29) is 35.8 Å². The first-order valence-corrected chi connectivity index (χ1v) is 17.3. The Bertz CT molecular complexity index is 1910. The van der Waals surface area contributed by atoms with Crippen molar-refractivity contribution in [1.82, 2.24) is 4.90 Å². The van der Waals surface area contributed by atoms with Crippen molar-refractivity contribution >= 4 is 41.2 Å². The van der Waals surface area contributed by atoms with Crippen molar-refractivity contribution in [2.24, 2.45) is 5.92 Å². The zero-order valence-corrected chi connectivity index (χ0v) is 29.5. The molecule has 3 aromatic carbocycles. The van der Waals surface area contributed by atoms with Gasteiger partial charge >= 0.3 is 24.2 Å². The second kappa shape index (κ2) is 16.9. The molecule has 11 nitrogen and oxygen atoms in total. The summed E-state index contributed by atoms with van der Waals surface area (Å²) >= 11 is 0. The summed E-state index contributed by atoms with van der Waals surface area (Å²) in [5.74, 6) is -5.38. The standard InChI is InChI=1S/C39H39F4N3O8/c1-23-12-15-26(21-30(23)39(41,42)43)44-36(50)29-10-6-20-45(37(51)34-24(2)7-5-11-31(34)40)35(29)25-13-16-28(17-14-25)46(27-8-3-4-9-27)38(52)54-22-53-33(49)19-18-32(47)48/h5,7,11-19,21,27,29,35H,3-4,6,8-10,20,22H2,1-2H3,(H,44,50)(H,47,48)/b19-18+/t29-,35-/m0/s1. The minimum atomic E-state index is -4.65. The van der Waals surface area contributed by atoms with Gasteiger partial charge in [-0.1, -0.05) is 43.2 Å². The summed E-state index contributed by atoms with van der Waals surface area (Å²) in [6, 6.07) is 12.9. The number of hydrogen-bond donors (Lipinski definition) is 2. The number of halogens is 4. The highest BCUT2D eigenvalue weighted by Crippen LogP contribution is 2.40. The lowest BCUT2D eigenvalue weighted by molar-refractivity contribution is -0.146. The molecule has 0 bridgehead atoms. The van der Waals surface area contributed by atoms with Gasteiger partial charge in [-0.3, -0.25) is 14.5 Å². The Labute approximate surface area is 308 Å². The van der Waals surface area contributed by atoms with Crippen LogP contribution in [0.3, 0.4) is 0 Å². The van der Waals surface area contributed by atoms with Gasteiger partial charge in [0.25, 0.3) is 5.91 Å². The van der Waals surface area contributed by atoms with Gasteiger partial charge in [0.2, 0.25) is 12.7 Å². The van der Waals surface area contributed by atoms with Crippen molar-refractivity contribution in [3.63, 3.8) is 0 Å². The van der Waals surface area contributed by atoms with E-state index in [0.29, 0.717) is 48.2 Å². The highest BCUT2D eigenvalue weighted by molar-refractivity contribution is 5.98. The van der Waals surface area contributed by atoms with Gasteiger partial charge in [0.1, 0.15) is 5.82 Å². The largest absolute Gasteiger partial charge is 0.478 e. The number of hydrogen-bond acceptors (Lipinski definition) is 7. The summed E-state index contributed by atoms with van der Waals surface area (Å²) in [6.45, 7) is 2.29. The molecule has 1 heterocycles. The van der Waals surface area contributed by atoms with Crippen LogP contribution in [0.25, 0.3) is 0 Å². The van der Waals surface area contributed by atoms with E-state index in [1.807, 2.05) is 0 Å². The molecule has 2 atom stereocenters. The molecule has 0 unspecified atom stereocenters. The van der Waals surface area contributed by atoms with Gasteiger partial charge in [-0.15, -0.1) is 0 Å². The van der Waals surface area contributed by atoms with Crippen molar-refractivity contribution in [3.8, 4) is 0 Å². The van der Waals surface area contributed by atoms with E-state index < -0.39 is 66.2 Å². The Kier molecular flexibility index (Phi) is 12.4. The average Bonchev–Trinajstić information content (AvgIpc) is 3.65. The minimum absolute atomic E-state index is 0.0161. The summed E-state index contributed by atoms with van der Waals surface area (Å²) in [6.07, 6.45) is -0.615. The van der Waals surface area contributed by atoms with Crippen LogP contribution in [0.4, 0.5) is 33.7 Å². The maximum absolute atomic E-state index is 15.1. The molecule has 5 rings (SSSR count). The highest BCUT2D eigenvalue weighted by Gasteiger charge is 2.41. The van der Waals surface area contributed by atoms with Crippen LogP contribution in [0, 0.1) is 25.6 Å². The number of aryl methyl sites for hydroxylation is 2. The molecular formula is C39H39F4N3O8. The summed E-state index contributed by atoms with van der Waals surface area (Å²) < 4.78 is 66.2. The fourth-order valence-corrected chi connectivity index (χ4v) is 7.05. The molecule has 1 saturated carbocycles. The number of carbonyl (C=O) groups excluding carboxylic acids is 4. The average molecular weight is 754 g/mol. The lowest BCUT2D eigenvalue weighted by Crippen LogP contribution is -2.47. The van der Waals surface area contributed by atoms with Crippen LogP contribution in [0.1, 0.15) is 77.2 Å². The van der Waals surface area contributed by atoms with Crippen LogP contribution in [0.15, 0.2) is 72.8 Å². The van der Waals surface area contributed by atoms with E-state index in [4.69, 9.17) is 14.6 Å². The quantitative estimate of drug-likeness (QED) is 0.0928. The molecule has 0 aromatic heterocycles.